The van der Waals surface area contributed by atoms with Crippen LogP contribution in [0.3, 0.4) is 0 Å². The minimum Gasteiger partial charge on any atom is -0.495 e. The minimum atomic E-state index is -0.501. The number of allylic oxidation sites excluding steroid dienone is 1. The highest BCUT2D eigenvalue weighted by Crippen LogP contribution is 2.40. The van der Waals surface area contributed by atoms with Crippen molar-refractivity contribution in [1.29, 1.82) is 0 Å². The average Bonchev–Trinajstić information content (AvgIpc) is 2.05. The molecule has 1 aliphatic heterocycles. The molecule has 1 atom stereocenters. The van der Waals surface area contributed by atoms with Gasteiger partial charge in [0.15, 0.2) is 5.78 Å². The van der Waals surface area contributed by atoms with Crippen LogP contribution in [0.15, 0.2) is 11.3 Å². The predicted molar refractivity (Wildman–Crippen MR) is 51.6 cm³/mol. The van der Waals surface area contributed by atoms with Gasteiger partial charge < -0.3 is 9.84 Å². The molecule has 0 bridgehead atoms. The third kappa shape index (κ3) is 1.69. The van der Waals surface area contributed by atoms with Crippen molar-refractivity contribution in [2.24, 2.45) is 5.41 Å². The lowest BCUT2D eigenvalue weighted by Gasteiger charge is -2.35. The van der Waals surface area contributed by atoms with E-state index in [1.807, 2.05) is 0 Å². The summed E-state index contributed by atoms with van der Waals surface area (Å²) in [6, 6.07) is 0. The second-order valence-electron chi connectivity index (χ2n) is 5.01. The van der Waals surface area contributed by atoms with Gasteiger partial charge in [0.05, 0.1) is 6.10 Å². The number of carbonyl (C=O) groups is 1. The molecule has 3 heteroatoms. The van der Waals surface area contributed by atoms with Crippen molar-refractivity contribution in [2.45, 2.75) is 39.2 Å². The van der Waals surface area contributed by atoms with Crippen LogP contribution in [0.5, 0.6) is 0 Å². The van der Waals surface area contributed by atoms with Crippen LogP contribution < -0.4 is 0 Å². The van der Waals surface area contributed by atoms with Gasteiger partial charge in [0.2, 0.25) is 0 Å². The molecular weight excluding hydrogens is 180 g/mol. The topological polar surface area (TPSA) is 46.5 Å². The van der Waals surface area contributed by atoms with Gasteiger partial charge in [-0.25, -0.2) is 0 Å². The third-order valence-corrected chi connectivity index (χ3v) is 2.84. The van der Waals surface area contributed by atoms with E-state index in [4.69, 9.17) is 4.74 Å². The fraction of sp³-hybridized carbons (Fsp3) is 0.727. The maximum absolute atomic E-state index is 11.7. The second kappa shape index (κ2) is 3.09. The van der Waals surface area contributed by atoms with E-state index in [-0.39, 0.29) is 11.2 Å². The van der Waals surface area contributed by atoms with Gasteiger partial charge in [-0.05, 0) is 5.41 Å². The van der Waals surface area contributed by atoms with Crippen LogP contribution in [0, 0.1) is 5.41 Å². The van der Waals surface area contributed by atoms with E-state index in [1.165, 1.54) is 0 Å². The molecular formula is C11H16O3. The van der Waals surface area contributed by atoms with E-state index in [0.717, 1.165) is 17.8 Å². The largest absolute Gasteiger partial charge is 0.495 e. The monoisotopic (exact) mass is 196 g/mol. The smallest absolute Gasteiger partial charge is 0.162 e. The third-order valence-electron chi connectivity index (χ3n) is 2.84. The second-order valence-corrected chi connectivity index (χ2v) is 5.01. The number of aliphatic hydroxyl groups excluding tert-OH is 1. The molecule has 0 radical (unpaired) electrons. The van der Waals surface area contributed by atoms with E-state index < -0.39 is 6.10 Å². The Kier molecular flexibility index (Phi) is 2.14. The van der Waals surface area contributed by atoms with Crippen LogP contribution in [-0.2, 0) is 9.53 Å². The Morgan fingerprint density at radius 1 is 1.43 bits per heavy atom. The van der Waals surface area contributed by atoms with Crippen LogP contribution in [0.4, 0.5) is 0 Å². The number of ether oxygens (including phenoxy) is 1. The van der Waals surface area contributed by atoms with E-state index in [0.29, 0.717) is 19.4 Å². The van der Waals surface area contributed by atoms with Crippen molar-refractivity contribution in [2.75, 3.05) is 6.61 Å². The van der Waals surface area contributed by atoms with E-state index in [1.54, 1.807) is 0 Å². The zero-order chi connectivity index (χ0) is 10.3. The first-order valence-electron chi connectivity index (χ1n) is 5.04. The first-order valence-corrected chi connectivity index (χ1v) is 5.04. The van der Waals surface area contributed by atoms with Crippen molar-refractivity contribution in [1.82, 2.24) is 0 Å². The molecule has 1 aliphatic carbocycles. The fourth-order valence-electron chi connectivity index (χ4n) is 2.16. The lowest BCUT2D eigenvalue weighted by atomic mass is 9.75. The van der Waals surface area contributed by atoms with Crippen LogP contribution in [-0.4, -0.2) is 23.6 Å². The SMILES string of the molecule is CC1(C)CC(=O)C2=C(C1)OC[C@@H](O)C2. The van der Waals surface area contributed by atoms with Gasteiger partial charge in [0, 0.05) is 24.8 Å². The van der Waals surface area contributed by atoms with Crippen molar-refractivity contribution < 1.29 is 14.6 Å². The zero-order valence-electron chi connectivity index (χ0n) is 8.67. The summed E-state index contributed by atoms with van der Waals surface area (Å²) in [6.45, 7) is 4.48. The molecule has 14 heavy (non-hydrogen) atoms. The Labute approximate surface area is 83.8 Å². The first-order chi connectivity index (χ1) is 6.48. The predicted octanol–water partition coefficient (Wildman–Crippen LogP) is 1.41. The van der Waals surface area contributed by atoms with Crippen LogP contribution in [0.2, 0.25) is 0 Å². The summed E-state index contributed by atoms with van der Waals surface area (Å²) in [7, 11) is 0. The van der Waals surface area contributed by atoms with Crippen LogP contribution >= 0.6 is 0 Å². The molecule has 0 aromatic rings. The number of hydrogen-bond acceptors (Lipinski definition) is 3. The molecule has 78 valence electrons. The van der Waals surface area contributed by atoms with E-state index in [2.05, 4.69) is 13.8 Å². The quantitative estimate of drug-likeness (QED) is 0.637. The summed E-state index contributed by atoms with van der Waals surface area (Å²) >= 11 is 0. The molecule has 0 fully saturated rings. The molecule has 1 N–H and O–H groups in total. The van der Waals surface area contributed by atoms with Crippen LogP contribution in [0.1, 0.15) is 33.1 Å². The van der Waals surface area contributed by atoms with Crippen molar-refractivity contribution in [3.05, 3.63) is 11.3 Å². The van der Waals surface area contributed by atoms with Crippen LogP contribution in [0.25, 0.3) is 0 Å². The number of rotatable bonds is 0. The van der Waals surface area contributed by atoms with Gasteiger partial charge in [0.1, 0.15) is 12.4 Å². The lowest BCUT2D eigenvalue weighted by Crippen LogP contribution is -2.33. The molecule has 0 aromatic heterocycles. The molecule has 0 amide bonds. The summed E-state index contributed by atoms with van der Waals surface area (Å²) in [5.74, 6) is 0.964. The summed E-state index contributed by atoms with van der Waals surface area (Å²) in [5, 5.41) is 9.38. The van der Waals surface area contributed by atoms with E-state index in [9.17, 15) is 9.90 Å². The molecule has 3 nitrogen and oxygen atoms in total. The molecule has 0 spiro atoms. The highest BCUT2D eigenvalue weighted by molar-refractivity contribution is 5.97. The van der Waals surface area contributed by atoms with Gasteiger partial charge in [-0.2, -0.15) is 0 Å². The molecule has 0 aromatic carbocycles. The molecule has 0 unspecified atom stereocenters. The standard InChI is InChI=1S/C11H16O3/c1-11(2)4-9(13)8-3-7(12)6-14-10(8)5-11/h7,12H,3-6H2,1-2H3/t7-/m0/s1. The number of aliphatic hydroxyl groups is 1. The van der Waals surface area contributed by atoms with E-state index >= 15 is 0 Å². The van der Waals surface area contributed by atoms with Gasteiger partial charge in [-0.3, -0.25) is 4.79 Å². The maximum Gasteiger partial charge on any atom is 0.162 e. The van der Waals surface area contributed by atoms with Gasteiger partial charge in [-0.15, -0.1) is 0 Å². The Morgan fingerprint density at radius 2 is 2.14 bits per heavy atom. The number of ketones is 1. The normalized spacial score (nSPS) is 31.1. The van der Waals surface area contributed by atoms with Gasteiger partial charge in [-0.1, -0.05) is 13.8 Å². The summed E-state index contributed by atoms with van der Waals surface area (Å²) in [4.78, 5) is 11.7. The van der Waals surface area contributed by atoms with Crippen molar-refractivity contribution in [3.8, 4) is 0 Å². The Hall–Kier alpha value is -0.830. The Bertz CT molecular complexity index is 302. The number of carbonyl (C=O) groups excluding carboxylic acids is 1. The average molecular weight is 196 g/mol. The summed E-state index contributed by atoms with van der Waals surface area (Å²) < 4.78 is 5.41. The molecule has 2 aliphatic rings. The highest BCUT2D eigenvalue weighted by atomic mass is 16.5. The van der Waals surface area contributed by atoms with Gasteiger partial charge >= 0.3 is 0 Å². The minimum absolute atomic E-state index is 0.0121. The number of Topliss-reactive ketones (excluding diaryl/α,β-unsaturated/α-hetero) is 1. The molecule has 0 saturated heterocycles. The van der Waals surface area contributed by atoms with Gasteiger partial charge in [0.25, 0.3) is 0 Å². The molecule has 1 heterocycles. The molecule has 2 rings (SSSR count). The Morgan fingerprint density at radius 3 is 2.86 bits per heavy atom. The molecule has 0 saturated carbocycles. The fourth-order valence-corrected chi connectivity index (χ4v) is 2.16. The first kappa shape index (κ1) is 9.71. The highest BCUT2D eigenvalue weighted by Gasteiger charge is 2.36. The maximum atomic E-state index is 11.7. The Balaban J connectivity index is 2.28. The summed E-state index contributed by atoms with van der Waals surface area (Å²) in [6.07, 6.45) is 1.37. The zero-order valence-corrected chi connectivity index (χ0v) is 8.67. The van der Waals surface area contributed by atoms with Crippen molar-refractivity contribution >= 4 is 5.78 Å². The number of hydrogen-bond donors (Lipinski definition) is 1. The van der Waals surface area contributed by atoms with Crippen molar-refractivity contribution in [3.63, 3.8) is 0 Å². The lowest BCUT2D eigenvalue weighted by molar-refractivity contribution is -0.120. The summed E-state index contributed by atoms with van der Waals surface area (Å²) in [5.41, 5.74) is 0.737.